The minimum absolute atomic E-state index is 0.133. The number of hydrogen-bond donors (Lipinski definition) is 2. The maximum Gasteiger partial charge on any atom is 0.226 e. The molecule has 0 aliphatic carbocycles. The lowest BCUT2D eigenvalue weighted by Crippen LogP contribution is -2.02. The Morgan fingerprint density at radius 3 is 2.85 bits per heavy atom. The van der Waals surface area contributed by atoms with Crippen LogP contribution in [0.1, 0.15) is 5.56 Å². The summed E-state index contributed by atoms with van der Waals surface area (Å²) in [6.45, 7) is 7.73. The van der Waals surface area contributed by atoms with Crippen LogP contribution in [0.2, 0.25) is 5.28 Å². The van der Waals surface area contributed by atoms with Crippen LogP contribution in [-0.4, -0.2) is 19.9 Å². The number of aromatic nitrogens is 4. The first kappa shape index (κ1) is 12.4. The van der Waals surface area contributed by atoms with Crippen molar-refractivity contribution < 1.29 is 0 Å². The lowest BCUT2D eigenvalue weighted by Gasteiger charge is -2.07. The minimum Gasteiger partial charge on any atom is -0.366 e. The van der Waals surface area contributed by atoms with E-state index in [2.05, 4.69) is 30.1 Å². The summed E-state index contributed by atoms with van der Waals surface area (Å²) in [5.74, 6) is 0.545. The Bertz CT molecular complexity index is 790. The van der Waals surface area contributed by atoms with Gasteiger partial charge in [0.05, 0.1) is 12.0 Å². The SMILES string of the molecule is [C-]#[N+]c1c[nH]c2nc(Cl)nc(NCc3ccncc3)c12. The monoisotopic (exact) mass is 284 g/mol. The second kappa shape index (κ2) is 5.15. The van der Waals surface area contributed by atoms with Crippen molar-refractivity contribution in [3.8, 4) is 0 Å². The lowest BCUT2D eigenvalue weighted by atomic mass is 10.2. The van der Waals surface area contributed by atoms with Crippen molar-refractivity contribution in [2.24, 2.45) is 0 Å². The molecule has 0 fully saturated rings. The van der Waals surface area contributed by atoms with Gasteiger partial charge in [0.2, 0.25) is 11.0 Å². The zero-order chi connectivity index (χ0) is 13.9. The highest BCUT2D eigenvalue weighted by Crippen LogP contribution is 2.31. The molecule has 0 saturated carbocycles. The zero-order valence-corrected chi connectivity index (χ0v) is 11.0. The molecule has 0 spiro atoms. The molecule has 7 heteroatoms. The summed E-state index contributed by atoms with van der Waals surface area (Å²) in [4.78, 5) is 18.6. The van der Waals surface area contributed by atoms with Crippen LogP contribution in [0.15, 0.2) is 30.7 Å². The van der Waals surface area contributed by atoms with Crippen molar-refractivity contribution in [1.82, 2.24) is 19.9 Å². The number of hydrogen-bond acceptors (Lipinski definition) is 4. The van der Waals surface area contributed by atoms with Gasteiger partial charge in [0.25, 0.3) is 0 Å². The first-order valence-corrected chi connectivity index (χ1v) is 6.20. The van der Waals surface area contributed by atoms with Crippen molar-refractivity contribution in [3.63, 3.8) is 0 Å². The molecule has 6 nitrogen and oxygen atoms in total. The van der Waals surface area contributed by atoms with Crippen LogP contribution in [0.5, 0.6) is 0 Å². The van der Waals surface area contributed by atoms with E-state index in [0.717, 1.165) is 5.56 Å². The number of H-pyrrole nitrogens is 1. The van der Waals surface area contributed by atoms with Crippen LogP contribution in [0.3, 0.4) is 0 Å². The van der Waals surface area contributed by atoms with Crippen LogP contribution in [0.25, 0.3) is 15.9 Å². The topological polar surface area (TPSA) is 70.8 Å². The van der Waals surface area contributed by atoms with Gasteiger partial charge in [0.15, 0.2) is 0 Å². The number of pyridine rings is 1. The fourth-order valence-corrected chi connectivity index (χ4v) is 2.06. The van der Waals surface area contributed by atoms with Crippen molar-refractivity contribution in [2.45, 2.75) is 6.54 Å². The van der Waals surface area contributed by atoms with Crippen LogP contribution in [0.4, 0.5) is 11.5 Å². The third-order valence-electron chi connectivity index (χ3n) is 2.81. The second-order valence-corrected chi connectivity index (χ2v) is 4.40. The normalized spacial score (nSPS) is 10.4. The molecular formula is C13H9ClN6. The quantitative estimate of drug-likeness (QED) is 0.572. The van der Waals surface area contributed by atoms with Gasteiger partial charge in [-0.05, 0) is 29.3 Å². The summed E-state index contributed by atoms with van der Waals surface area (Å²) in [5, 5.41) is 3.96. The van der Waals surface area contributed by atoms with Gasteiger partial charge in [-0.2, -0.15) is 0 Å². The van der Waals surface area contributed by atoms with Crippen molar-refractivity contribution in [2.75, 3.05) is 5.32 Å². The van der Waals surface area contributed by atoms with Gasteiger partial charge in [-0.1, -0.05) is 0 Å². The van der Waals surface area contributed by atoms with Gasteiger partial charge in [-0.15, -0.1) is 0 Å². The van der Waals surface area contributed by atoms with Crippen LogP contribution >= 0.6 is 11.6 Å². The summed E-state index contributed by atoms with van der Waals surface area (Å²) >= 11 is 5.89. The Morgan fingerprint density at radius 2 is 2.10 bits per heavy atom. The summed E-state index contributed by atoms with van der Waals surface area (Å²) in [5.41, 5.74) is 2.07. The number of nitrogens with one attached hydrogen (secondary N) is 2. The highest BCUT2D eigenvalue weighted by atomic mass is 35.5. The summed E-state index contributed by atoms with van der Waals surface area (Å²) < 4.78 is 0. The minimum atomic E-state index is 0.133. The molecule has 0 unspecified atom stereocenters. The van der Waals surface area contributed by atoms with Crippen molar-refractivity contribution in [1.29, 1.82) is 0 Å². The number of aromatic amines is 1. The highest BCUT2D eigenvalue weighted by molar-refractivity contribution is 6.29. The molecule has 3 aromatic rings. The highest BCUT2D eigenvalue weighted by Gasteiger charge is 2.12. The molecule has 0 aromatic carbocycles. The van der Waals surface area contributed by atoms with Crippen molar-refractivity contribution >= 4 is 34.1 Å². The summed E-state index contributed by atoms with van der Waals surface area (Å²) in [7, 11) is 0. The molecule has 0 saturated heterocycles. The Morgan fingerprint density at radius 1 is 1.30 bits per heavy atom. The summed E-state index contributed by atoms with van der Waals surface area (Å²) in [6, 6.07) is 3.81. The molecule has 0 aliphatic heterocycles. The second-order valence-electron chi connectivity index (χ2n) is 4.06. The number of anilines is 1. The maximum absolute atomic E-state index is 7.17. The average molecular weight is 285 g/mol. The van der Waals surface area contributed by atoms with E-state index in [0.29, 0.717) is 29.1 Å². The smallest absolute Gasteiger partial charge is 0.226 e. The molecule has 0 aliphatic rings. The lowest BCUT2D eigenvalue weighted by molar-refractivity contribution is 1.09. The van der Waals surface area contributed by atoms with Gasteiger partial charge >= 0.3 is 0 Å². The fraction of sp³-hybridized carbons (Fsp3) is 0.0769. The molecule has 3 rings (SSSR count). The van der Waals surface area contributed by atoms with Gasteiger partial charge in [0.1, 0.15) is 11.5 Å². The molecule has 0 radical (unpaired) electrons. The number of fused-ring (bicyclic) bond motifs is 1. The Labute approximate surface area is 119 Å². The molecule has 0 bridgehead atoms. The predicted octanol–water partition coefficient (Wildman–Crippen LogP) is 3.17. The van der Waals surface area contributed by atoms with E-state index >= 15 is 0 Å². The van der Waals surface area contributed by atoms with E-state index in [1.807, 2.05) is 12.1 Å². The van der Waals surface area contributed by atoms with Gasteiger partial charge < -0.3 is 10.3 Å². The van der Waals surface area contributed by atoms with Crippen LogP contribution < -0.4 is 5.32 Å². The van der Waals surface area contributed by atoms with E-state index in [4.69, 9.17) is 18.2 Å². The predicted molar refractivity (Wildman–Crippen MR) is 76.7 cm³/mol. The Hall–Kier alpha value is -2.65. The molecule has 20 heavy (non-hydrogen) atoms. The Kier molecular flexibility index (Phi) is 3.19. The first-order chi connectivity index (χ1) is 9.78. The third-order valence-corrected chi connectivity index (χ3v) is 2.98. The first-order valence-electron chi connectivity index (χ1n) is 5.83. The van der Waals surface area contributed by atoms with Gasteiger partial charge in [-0.3, -0.25) is 4.98 Å². The van der Waals surface area contributed by atoms with E-state index in [1.165, 1.54) is 0 Å². The largest absolute Gasteiger partial charge is 0.366 e. The van der Waals surface area contributed by atoms with Gasteiger partial charge in [0, 0.05) is 25.1 Å². The number of halogens is 1. The number of rotatable bonds is 3. The summed E-state index contributed by atoms with van der Waals surface area (Å²) in [6.07, 6.45) is 5.04. The molecule has 0 atom stereocenters. The molecular weight excluding hydrogens is 276 g/mol. The third kappa shape index (κ3) is 2.27. The van der Waals surface area contributed by atoms with E-state index in [1.54, 1.807) is 18.6 Å². The molecule has 0 amide bonds. The van der Waals surface area contributed by atoms with E-state index in [-0.39, 0.29) is 5.28 Å². The standard InChI is InChI=1S/C13H9ClN6/c1-15-9-7-18-12-10(9)11(19-13(14)20-12)17-6-8-2-4-16-5-3-8/h2-5,7H,6H2,(H2,17,18,19,20). The Balaban J connectivity index is 1.98. The fourth-order valence-electron chi connectivity index (χ4n) is 1.89. The number of nitrogens with zero attached hydrogens (tertiary/aromatic N) is 4. The van der Waals surface area contributed by atoms with Gasteiger partial charge in [-0.25, -0.2) is 14.8 Å². The van der Waals surface area contributed by atoms with E-state index in [9.17, 15) is 0 Å². The maximum atomic E-state index is 7.17. The molecule has 3 aromatic heterocycles. The van der Waals surface area contributed by atoms with Crippen LogP contribution in [-0.2, 0) is 6.54 Å². The molecule has 2 N–H and O–H groups in total. The molecule has 98 valence electrons. The average Bonchev–Trinajstić information content (AvgIpc) is 2.88. The zero-order valence-electron chi connectivity index (χ0n) is 10.3. The molecule has 3 heterocycles. The van der Waals surface area contributed by atoms with Crippen LogP contribution in [0, 0.1) is 6.57 Å². The van der Waals surface area contributed by atoms with E-state index < -0.39 is 0 Å². The van der Waals surface area contributed by atoms with Crippen molar-refractivity contribution in [3.05, 3.63) is 53.0 Å².